The molecule has 3 aromatic heterocycles. The topological polar surface area (TPSA) is 216 Å². The number of imide groups is 2. The summed E-state index contributed by atoms with van der Waals surface area (Å²) in [5.74, 6) is -0.650. The van der Waals surface area contributed by atoms with E-state index < -0.39 is 29.7 Å². The van der Waals surface area contributed by atoms with Crippen molar-refractivity contribution in [1.29, 1.82) is 0 Å². The van der Waals surface area contributed by atoms with Crippen LogP contribution < -0.4 is 26.2 Å². The summed E-state index contributed by atoms with van der Waals surface area (Å²) in [5, 5.41) is 19.9. The number of fused-ring (bicyclic) bond motifs is 2. The molecule has 5 aromatic rings. The number of carbonyl (C=O) groups is 6. The van der Waals surface area contributed by atoms with Crippen LogP contribution in [0.3, 0.4) is 0 Å². The lowest BCUT2D eigenvalue weighted by Crippen LogP contribution is -2.54. The van der Waals surface area contributed by atoms with E-state index in [1.165, 1.54) is 12.1 Å². The van der Waals surface area contributed by atoms with Crippen LogP contribution in [0.2, 0.25) is 0 Å². The standard InChI is InChI=1S/C45H51N11O7/c57-38-18-17-36(43(60)51-38)56-44(61)34-16-13-31(25-35(34)45(56)62)47-28-39(58)46-19-7-5-3-1-2-4-6-10-40(59)54-22-20-53(21-23-54)32-14-11-30(12-15-32)41-42-52-50-29-55(42)37(27-49-41)48-26-33-9-8-24-63-33/h8-9,11-16,24-25,27,29,36,47-48H,1-7,10,17-23,26,28H2,(H,46,58)(H,51,57,60). The van der Waals surface area contributed by atoms with Crippen LogP contribution >= 0.6 is 0 Å². The zero-order chi connectivity index (χ0) is 43.7. The van der Waals surface area contributed by atoms with Gasteiger partial charge in [0.15, 0.2) is 5.65 Å². The second-order valence-electron chi connectivity index (χ2n) is 16.0. The molecule has 0 bridgehead atoms. The van der Waals surface area contributed by atoms with Crippen molar-refractivity contribution in [2.75, 3.05) is 54.8 Å². The molecule has 0 spiro atoms. The molecule has 63 heavy (non-hydrogen) atoms. The third kappa shape index (κ3) is 10.0. The lowest BCUT2D eigenvalue weighted by atomic mass is 10.0. The molecule has 18 heteroatoms. The Labute approximate surface area is 363 Å². The van der Waals surface area contributed by atoms with Gasteiger partial charge in [0, 0.05) is 62.5 Å². The Hall–Kier alpha value is -7.11. The molecule has 6 heterocycles. The Bertz CT molecular complexity index is 2460. The van der Waals surface area contributed by atoms with Crippen LogP contribution in [0.4, 0.5) is 17.2 Å². The first-order valence-corrected chi connectivity index (χ1v) is 21.7. The molecule has 328 valence electrons. The molecule has 4 N–H and O–H groups in total. The van der Waals surface area contributed by atoms with Crippen molar-refractivity contribution in [2.24, 2.45) is 0 Å². The normalized spacial score (nSPS) is 16.4. The Morgan fingerprint density at radius 1 is 0.841 bits per heavy atom. The number of benzene rings is 2. The monoisotopic (exact) mass is 857 g/mol. The largest absolute Gasteiger partial charge is 0.467 e. The second kappa shape index (κ2) is 19.7. The van der Waals surface area contributed by atoms with Crippen molar-refractivity contribution in [3.8, 4) is 11.3 Å². The Morgan fingerprint density at radius 2 is 1.60 bits per heavy atom. The van der Waals surface area contributed by atoms with Crippen molar-refractivity contribution < 1.29 is 33.2 Å². The molecule has 2 fully saturated rings. The van der Waals surface area contributed by atoms with Crippen LogP contribution in [0, 0.1) is 0 Å². The molecule has 6 amide bonds. The van der Waals surface area contributed by atoms with Gasteiger partial charge < -0.3 is 30.2 Å². The van der Waals surface area contributed by atoms with Gasteiger partial charge in [-0.25, -0.2) is 4.98 Å². The summed E-state index contributed by atoms with van der Waals surface area (Å²) in [6, 6.07) is 15.7. The van der Waals surface area contributed by atoms with Gasteiger partial charge in [-0.2, -0.15) is 0 Å². The Kier molecular flexibility index (Phi) is 13.3. The zero-order valence-corrected chi connectivity index (χ0v) is 35.0. The van der Waals surface area contributed by atoms with Crippen molar-refractivity contribution in [3.63, 3.8) is 0 Å². The fourth-order valence-electron chi connectivity index (χ4n) is 8.28. The summed E-state index contributed by atoms with van der Waals surface area (Å²) in [6.07, 6.45) is 12.7. The van der Waals surface area contributed by atoms with Gasteiger partial charge in [-0.15, -0.1) is 10.2 Å². The number of anilines is 3. The highest BCUT2D eigenvalue weighted by atomic mass is 16.3. The van der Waals surface area contributed by atoms with Gasteiger partial charge in [-0.05, 0) is 61.7 Å². The SMILES string of the molecule is O=C(CNc1ccc2c(c1)C(=O)N(C1CCC(=O)NC1=O)C2=O)NCCCCCCCCCC(=O)N1CCN(c2ccc(-c3ncc(NCc4ccco4)n4cnnc34)cc2)CC1. The predicted molar refractivity (Wildman–Crippen MR) is 233 cm³/mol. The highest BCUT2D eigenvalue weighted by molar-refractivity contribution is 6.23. The molecule has 3 aliphatic heterocycles. The van der Waals surface area contributed by atoms with Gasteiger partial charge in [0.05, 0.1) is 36.7 Å². The van der Waals surface area contributed by atoms with Crippen molar-refractivity contribution in [2.45, 2.75) is 76.8 Å². The summed E-state index contributed by atoms with van der Waals surface area (Å²) < 4.78 is 7.30. The summed E-state index contributed by atoms with van der Waals surface area (Å²) in [6.45, 7) is 4.02. The number of furan rings is 1. The lowest BCUT2D eigenvalue weighted by Gasteiger charge is -2.36. The fraction of sp³-hybridized carbons (Fsp3) is 0.400. The smallest absolute Gasteiger partial charge is 0.262 e. The van der Waals surface area contributed by atoms with Gasteiger partial charge in [0.2, 0.25) is 23.6 Å². The molecular formula is C45H51N11O7. The second-order valence-corrected chi connectivity index (χ2v) is 16.0. The number of rotatable bonds is 19. The molecule has 2 saturated heterocycles. The van der Waals surface area contributed by atoms with E-state index in [0.29, 0.717) is 43.9 Å². The number of piperazine rings is 1. The third-order valence-electron chi connectivity index (χ3n) is 11.8. The highest BCUT2D eigenvalue weighted by Gasteiger charge is 2.44. The molecule has 3 aliphatic rings. The molecule has 0 saturated carbocycles. The summed E-state index contributed by atoms with van der Waals surface area (Å²) in [5.41, 5.74) is 4.29. The van der Waals surface area contributed by atoms with E-state index in [2.05, 4.69) is 60.6 Å². The van der Waals surface area contributed by atoms with Gasteiger partial charge in [0.25, 0.3) is 11.8 Å². The fourth-order valence-corrected chi connectivity index (χ4v) is 8.28. The Balaban J connectivity index is 0.662. The maximum absolute atomic E-state index is 13.1. The average Bonchev–Trinajstić information content (AvgIpc) is 4.07. The van der Waals surface area contributed by atoms with E-state index in [-0.39, 0.29) is 42.3 Å². The molecular weight excluding hydrogens is 807 g/mol. The highest BCUT2D eigenvalue weighted by Crippen LogP contribution is 2.30. The summed E-state index contributed by atoms with van der Waals surface area (Å²) >= 11 is 0. The number of nitrogens with zero attached hydrogens (tertiary/aromatic N) is 7. The van der Waals surface area contributed by atoms with Crippen molar-refractivity contribution in [3.05, 3.63) is 90.3 Å². The van der Waals surface area contributed by atoms with E-state index in [1.807, 2.05) is 21.4 Å². The average molecular weight is 858 g/mol. The number of nitrogens with one attached hydrogen (secondary N) is 4. The zero-order valence-electron chi connectivity index (χ0n) is 35.0. The quantitative estimate of drug-likeness (QED) is 0.0670. The van der Waals surface area contributed by atoms with E-state index in [0.717, 1.165) is 91.5 Å². The summed E-state index contributed by atoms with van der Waals surface area (Å²) in [4.78, 5) is 85.1. The number of piperidine rings is 1. The minimum Gasteiger partial charge on any atom is -0.467 e. The maximum Gasteiger partial charge on any atom is 0.262 e. The number of hydrogen-bond donors (Lipinski definition) is 4. The Morgan fingerprint density at radius 3 is 2.37 bits per heavy atom. The number of carbonyl (C=O) groups excluding carboxylic acids is 6. The number of hydrogen-bond acceptors (Lipinski definition) is 13. The molecule has 8 rings (SSSR count). The van der Waals surface area contributed by atoms with Crippen LogP contribution in [0.15, 0.2) is 77.8 Å². The van der Waals surface area contributed by atoms with Crippen molar-refractivity contribution in [1.82, 2.24) is 40.0 Å². The third-order valence-corrected chi connectivity index (χ3v) is 11.8. The molecule has 1 unspecified atom stereocenters. The molecule has 0 aliphatic carbocycles. The minimum atomic E-state index is -1.03. The van der Waals surface area contributed by atoms with Gasteiger partial charge >= 0.3 is 0 Å². The molecule has 2 aromatic carbocycles. The predicted octanol–water partition coefficient (Wildman–Crippen LogP) is 4.40. The van der Waals surface area contributed by atoms with Gasteiger partial charge in [-0.3, -0.25) is 43.4 Å². The number of unbranched alkanes of at least 4 members (excludes halogenated alkanes) is 6. The maximum atomic E-state index is 13.1. The first kappa shape index (κ1) is 42.6. The number of aromatic nitrogens is 4. The van der Waals surface area contributed by atoms with Gasteiger partial charge in [0.1, 0.15) is 29.6 Å². The van der Waals surface area contributed by atoms with E-state index >= 15 is 0 Å². The molecule has 18 nitrogen and oxygen atoms in total. The van der Waals surface area contributed by atoms with Crippen LogP contribution in [-0.4, -0.2) is 110 Å². The van der Waals surface area contributed by atoms with Crippen LogP contribution in [0.5, 0.6) is 0 Å². The first-order chi connectivity index (χ1) is 30.7. The van der Waals surface area contributed by atoms with E-state index in [1.54, 1.807) is 24.9 Å². The minimum absolute atomic E-state index is 0.00321. The first-order valence-electron chi connectivity index (χ1n) is 21.7. The molecule has 0 radical (unpaired) electrons. The van der Waals surface area contributed by atoms with Crippen LogP contribution in [-0.2, 0) is 25.7 Å². The van der Waals surface area contributed by atoms with Crippen LogP contribution in [0.1, 0.15) is 90.7 Å². The molecule has 1 atom stereocenters. The summed E-state index contributed by atoms with van der Waals surface area (Å²) in [7, 11) is 0. The van der Waals surface area contributed by atoms with E-state index in [9.17, 15) is 28.8 Å². The number of amides is 6. The van der Waals surface area contributed by atoms with E-state index in [4.69, 9.17) is 9.40 Å². The van der Waals surface area contributed by atoms with Crippen LogP contribution in [0.25, 0.3) is 16.9 Å². The lowest BCUT2D eigenvalue weighted by molar-refractivity contribution is -0.136. The van der Waals surface area contributed by atoms with Gasteiger partial charge in [-0.1, -0.05) is 44.2 Å². The van der Waals surface area contributed by atoms with Crippen molar-refractivity contribution >= 4 is 58.3 Å².